The summed E-state index contributed by atoms with van der Waals surface area (Å²) in [5.74, 6) is -0.450. The van der Waals surface area contributed by atoms with E-state index in [1.54, 1.807) is 6.92 Å². The zero-order chi connectivity index (χ0) is 22.7. The smallest absolute Gasteiger partial charge is 0.328 e. The Balaban J connectivity index is 2.08. The van der Waals surface area contributed by atoms with Crippen LogP contribution in [0.3, 0.4) is 0 Å². The van der Waals surface area contributed by atoms with Gasteiger partial charge in [0.15, 0.2) is 0 Å². The van der Waals surface area contributed by atoms with Gasteiger partial charge in [-0.3, -0.25) is 4.68 Å². The van der Waals surface area contributed by atoms with Gasteiger partial charge in [-0.05, 0) is 68.3 Å². The Bertz CT molecular complexity index is 1470. The number of aromatic nitrogens is 3. The largest absolute Gasteiger partial charge is 0.463 e. The molecule has 0 N–H and O–H groups in total. The predicted octanol–water partition coefficient (Wildman–Crippen LogP) is 6.36. The minimum atomic E-state index is -0.450. The number of rotatable bonds is 3. The number of hydrogen-bond donors (Lipinski definition) is 0. The predicted molar refractivity (Wildman–Crippen MR) is 129 cm³/mol. The lowest BCUT2D eigenvalue weighted by Crippen LogP contribution is -2.15. The molecule has 0 unspecified atom stereocenters. The van der Waals surface area contributed by atoms with E-state index >= 15 is 0 Å². The third-order valence-corrected chi connectivity index (χ3v) is 6.82. The molecule has 4 aromatic rings. The van der Waals surface area contributed by atoms with Crippen molar-refractivity contribution >= 4 is 49.4 Å². The van der Waals surface area contributed by atoms with Crippen LogP contribution in [0.25, 0.3) is 37.8 Å². The van der Waals surface area contributed by atoms with Crippen molar-refractivity contribution in [1.82, 2.24) is 14.3 Å². The Labute approximate surface area is 194 Å². The molecule has 0 amide bonds. The van der Waals surface area contributed by atoms with E-state index < -0.39 is 5.97 Å². The topological polar surface area (TPSA) is 53.4 Å². The van der Waals surface area contributed by atoms with Crippen molar-refractivity contribution in [2.75, 3.05) is 6.61 Å². The molecule has 1 aliphatic carbocycles. The van der Waals surface area contributed by atoms with Crippen LogP contribution in [0.15, 0.2) is 28.9 Å². The lowest BCUT2D eigenvalue weighted by Gasteiger charge is -2.24. The molecule has 0 saturated heterocycles. The third-order valence-electron chi connectivity index (χ3n) is 6.33. The molecule has 32 heavy (non-hydrogen) atoms. The van der Waals surface area contributed by atoms with Crippen molar-refractivity contribution in [3.05, 3.63) is 57.1 Å². The molecule has 0 atom stereocenters. The molecule has 1 aliphatic rings. The number of hydrogen-bond acceptors (Lipinski definition) is 3. The summed E-state index contributed by atoms with van der Waals surface area (Å²) >= 11 is 3.59. The Morgan fingerprint density at radius 3 is 2.81 bits per heavy atom. The van der Waals surface area contributed by atoms with Crippen molar-refractivity contribution < 1.29 is 9.53 Å². The fourth-order valence-electron chi connectivity index (χ4n) is 5.14. The van der Waals surface area contributed by atoms with Crippen LogP contribution < -0.4 is 0 Å². The van der Waals surface area contributed by atoms with Crippen LogP contribution in [0, 0.1) is 6.57 Å². The van der Waals surface area contributed by atoms with Crippen LogP contribution in [0.4, 0.5) is 5.69 Å². The Morgan fingerprint density at radius 2 is 2.12 bits per heavy atom. The molecule has 0 aliphatic heterocycles. The van der Waals surface area contributed by atoms with Crippen LogP contribution in [0.1, 0.15) is 48.4 Å². The second kappa shape index (κ2) is 7.49. The van der Waals surface area contributed by atoms with Crippen molar-refractivity contribution in [3.8, 4) is 11.1 Å². The van der Waals surface area contributed by atoms with E-state index in [9.17, 15) is 4.79 Å². The fourth-order valence-corrected chi connectivity index (χ4v) is 5.50. The molecule has 0 saturated carbocycles. The van der Waals surface area contributed by atoms with Crippen molar-refractivity contribution in [3.63, 3.8) is 0 Å². The summed E-state index contributed by atoms with van der Waals surface area (Å²) in [4.78, 5) is 17.2. The van der Waals surface area contributed by atoms with Gasteiger partial charge in [0, 0.05) is 45.2 Å². The van der Waals surface area contributed by atoms with E-state index in [0.29, 0.717) is 11.3 Å². The van der Waals surface area contributed by atoms with Crippen LogP contribution in [-0.2, 0) is 24.6 Å². The van der Waals surface area contributed by atoms with Crippen molar-refractivity contribution in [1.29, 1.82) is 0 Å². The third kappa shape index (κ3) is 2.75. The molecule has 7 heteroatoms. The Morgan fingerprint density at radius 1 is 1.34 bits per heavy atom. The first-order chi connectivity index (χ1) is 15.4. The summed E-state index contributed by atoms with van der Waals surface area (Å²) in [7, 11) is 1.92. The number of halogens is 1. The van der Waals surface area contributed by atoms with Crippen LogP contribution >= 0.6 is 15.9 Å². The monoisotopic (exact) mass is 490 g/mol. The maximum absolute atomic E-state index is 13.3. The molecular weight excluding hydrogens is 468 g/mol. The van der Waals surface area contributed by atoms with Crippen LogP contribution in [0.2, 0.25) is 0 Å². The van der Waals surface area contributed by atoms with Gasteiger partial charge in [0.1, 0.15) is 0 Å². The van der Waals surface area contributed by atoms with Gasteiger partial charge in [0.2, 0.25) is 5.69 Å². The first-order valence-electron chi connectivity index (χ1n) is 10.8. The van der Waals surface area contributed by atoms with Gasteiger partial charge in [0.05, 0.1) is 24.9 Å². The molecule has 0 spiro atoms. The number of nitrogens with zero attached hydrogens (tertiary/aromatic N) is 4. The molecular formula is C25H23BrN4O2. The summed E-state index contributed by atoms with van der Waals surface area (Å²) in [5.41, 5.74) is 6.72. The number of ether oxygens (including phenoxy) is 1. The quantitative estimate of drug-likeness (QED) is 0.247. The normalized spacial score (nSPS) is 12.8. The first-order valence-corrected chi connectivity index (χ1v) is 11.6. The fraction of sp³-hybridized carbons (Fsp3) is 0.320. The average molecular weight is 491 g/mol. The second-order valence-electron chi connectivity index (χ2n) is 8.39. The molecule has 162 valence electrons. The number of benzene rings is 2. The SMILES string of the molecule is [C-]#[N+]c1c(C(=O)OCC)c2c(c3c1c1cc(Br)ccc1n3C(C)C)CCc1c-2cnn1C. The van der Waals surface area contributed by atoms with Gasteiger partial charge in [-0.2, -0.15) is 5.10 Å². The molecule has 6 nitrogen and oxygen atoms in total. The van der Waals surface area contributed by atoms with Crippen LogP contribution in [0.5, 0.6) is 0 Å². The van der Waals surface area contributed by atoms with Gasteiger partial charge in [0.25, 0.3) is 0 Å². The Hall–Kier alpha value is -3.11. The highest BCUT2D eigenvalue weighted by Gasteiger charge is 2.34. The molecule has 5 rings (SSSR count). The maximum atomic E-state index is 13.3. The summed E-state index contributed by atoms with van der Waals surface area (Å²) in [6, 6.07) is 6.34. The number of fused-ring (bicyclic) bond motifs is 7. The highest BCUT2D eigenvalue weighted by Crippen LogP contribution is 2.50. The van der Waals surface area contributed by atoms with E-state index in [4.69, 9.17) is 11.3 Å². The van der Waals surface area contributed by atoms with E-state index in [1.807, 2.05) is 30.1 Å². The average Bonchev–Trinajstić information content (AvgIpc) is 3.30. The Kier molecular flexibility index (Phi) is 4.86. The number of esters is 1. The van der Waals surface area contributed by atoms with E-state index in [2.05, 4.69) is 50.4 Å². The summed E-state index contributed by atoms with van der Waals surface area (Å²) in [6.45, 7) is 14.5. The highest BCUT2D eigenvalue weighted by atomic mass is 79.9. The van der Waals surface area contributed by atoms with Crippen molar-refractivity contribution in [2.45, 2.75) is 39.7 Å². The molecule has 2 aromatic heterocycles. The number of carbonyl (C=O) groups excluding carboxylic acids is 1. The molecule has 2 aromatic carbocycles. The number of carbonyl (C=O) groups is 1. The minimum absolute atomic E-state index is 0.183. The standard InChI is InChI=1S/C25H23BrN4O2/c1-6-32-25(31)22-20-15(8-10-18-17(20)12-28-29(18)5)24-21(23(22)27-4)16-11-14(26)7-9-19(16)30(24)13(2)3/h7,9,11-13H,6,8,10H2,1-3,5H3. The maximum Gasteiger partial charge on any atom is 0.328 e. The lowest BCUT2D eigenvalue weighted by atomic mass is 9.83. The van der Waals surface area contributed by atoms with Gasteiger partial charge in [-0.25, -0.2) is 9.64 Å². The first kappa shape index (κ1) is 20.8. The van der Waals surface area contributed by atoms with Crippen molar-refractivity contribution in [2.24, 2.45) is 7.05 Å². The van der Waals surface area contributed by atoms with Gasteiger partial charge in [-0.15, -0.1) is 0 Å². The zero-order valence-electron chi connectivity index (χ0n) is 18.5. The summed E-state index contributed by atoms with van der Waals surface area (Å²) < 4.78 is 10.6. The van der Waals surface area contributed by atoms with E-state index in [-0.39, 0.29) is 12.6 Å². The zero-order valence-corrected chi connectivity index (χ0v) is 20.1. The van der Waals surface area contributed by atoms with E-state index in [1.165, 1.54) is 0 Å². The molecule has 2 heterocycles. The van der Waals surface area contributed by atoms with Gasteiger partial charge >= 0.3 is 5.97 Å². The van der Waals surface area contributed by atoms with E-state index in [0.717, 1.165) is 61.5 Å². The second-order valence-corrected chi connectivity index (χ2v) is 9.30. The van der Waals surface area contributed by atoms with Gasteiger partial charge in [-0.1, -0.05) is 15.9 Å². The number of aryl methyl sites for hydroxylation is 2. The summed E-state index contributed by atoms with van der Waals surface area (Å²) in [5, 5.41) is 6.27. The highest BCUT2D eigenvalue weighted by molar-refractivity contribution is 9.10. The molecule has 0 bridgehead atoms. The lowest BCUT2D eigenvalue weighted by molar-refractivity contribution is 0.0528. The van der Waals surface area contributed by atoms with Gasteiger partial charge < -0.3 is 9.30 Å². The summed E-state index contributed by atoms with van der Waals surface area (Å²) in [6.07, 6.45) is 3.42. The van der Waals surface area contributed by atoms with Crippen LogP contribution in [-0.4, -0.2) is 26.9 Å². The molecule has 0 radical (unpaired) electrons. The molecule has 0 fully saturated rings. The minimum Gasteiger partial charge on any atom is -0.463 e.